The van der Waals surface area contributed by atoms with Crippen molar-refractivity contribution in [1.29, 1.82) is 0 Å². The van der Waals surface area contributed by atoms with E-state index in [9.17, 15) is 0 Å². The molecule has 0 fully saturated rings. The number of rotatable bonds is 0. The Bertz CT molecular complexity index is 555. The highest BCUT2D eigenvalue weighted by atomic mass is 16.5. The van der Waals surface area contributed by atoms with Crippen LogP contribution in [0.25, 0.3) is 0 Å². The van der Waals surface area contributed by atoms with Gasteiger partial charge in [0.2, 0.25) is 0 Å². The van der Waals surface area contributed by atoms with Gasteiger partial charge in [-0.25, -0.2) is 0 Å². The normalized spacial score (nSPS) is 12.6. The smallest absolute Gasteiger partial charge is 0.131 e. The van der Waals surface area contributed by atoms with Gasteiger partial charge in [0.15, 0.2) is 0 Å². The van der Waals surface area contributed by atoms with Gasteiger partial charge in [0.25, 0.3) is 0 Å². The van der Waals surface area contributed by atoms with Gasteiger partial charge < -0.3 is 4.74 Å². The van der Waals surface area contributed by atoms with Crippen LogP contribution >= 0.6 is 0 Å². The van der Waals surface area contributed by atoms with Crippen molar-refractivity contribution in [2.75, 3.05) is 0 Å². The van der Waals surface area contributed by atoms with Crippen LogP contribution in [0.2, 0.25) is 0 Å². The first kappa shape index (κ1) is 9.46. The maximum Gasteiger partial charge on any atom is 0.131 e. The minimum atomic E-state index is 0.944. The molecule has 2 aromatic rings. The van der Waals surface area contributed by atoms with E-state index in [-0.39, 0.29) is 0 Å². The first-order chi connectivity index (χ1) is 7.74. The van der Waals surface area contributed by atoms with Gasteiger partial charge in [0.05, 0.1) is 0 Å². The molecular weight excluding hydrogens is 196 g/mol. The molecule has 0 spiro atoms. The Morgan fingerprint density at radius 3 is 2.62 bits per heavy atom. The molecule has 0 aliphatic carbocycles. The predicted molar refractivity (Wildman–Crippen MR) is 64.9 cm³/mol. The zero-order valence-electron chi connectivity index (χ0n) is 9.45. The molecule has 0 aromatic heterocycles. The minimum absolute atomic E-state index is 0.944. The average molecular weight is 209 g/mol. The van der Waals surface area contributed by atoms with Crippen molar-refractivity contribution < 1.29 is 4.74 Å². The maximum absolute atomic E-state index is 5.91. The summed E-state index contributed by atoms with van der Waals surface area (Å²) in [6.07, 6.45) is 2.20. The van der Waals surface area contributed by atoms with Crippen molar-refractivity contribution in [3.8, 4) is 11.5 Å². The molecule has 0 N–H and O–H groups in total. The van der Waals surface area contributed by atoms with Gasteiger partial charge in [-0.3, -0.25) is 0 Å². The van der Waals surface area contributed by atoms with E-state index >= 15 is 0 Å². The lowest BCUT2D eigenvalue weighted by molar-refractivity contribution is 0.468. The standard InChI is InChI=1S/C15H13O/c1-10-7-11(2)13-9-12-5-3-4-6-14(12)16-15(13)8-10/h3-9H,1-2H3. The van der Waals surface area contributed by atoms with Crippen LogP contribution in [0.1, 0.15) is 22.3 Å². The van der Waals surface area contributed by atoms with E-state index < -0.39 is 0 Å². The van der Waals surface area contributed by atoms with Crippen LogP contribution in [-0.4, -0.2) is 0 Å². The number of benzene rings is 2. The molecule has 0 atom stereocenters. The second-order valence-corrected chi connectivity index (χ2v) is 4.28. The molecule has 1 nitrogen and oxygen atoms in total. The summed E-state index contributed by atoms with van der Waals surface area (Å²) < 4.78 is 5.91. The predicted octanol–water partition coefficient (Wildman–Crippen LogP) is 4.01. The van der Waals surface area contributed by atoms with E-state index in [1.807, 2.05) is 18.2 Å². The Morgan fingerprint density at radius 1 is 0.938 bits per heavy atom. The van der Waals surface area contributed by atoms with E-state index in [0.717, 1.165) is 17.1 Å². The number of fused-ring (bicyclic) bond motifs is 2. The molecule has 16 heavy (non-hydrogen) atoms. The van der Waals surface area contributed by atoms with E-state index in [1.165, 1.54) is 16.7 Å². The van der Waals surface area contributed by atoms with Gasteiger partial charge in [-0.1, -0.05) is 24.3 Å². The molecule has 3 rings (SSSR count). The molecule has 0 saturated heterocycles. The lowest BCUT2D eigenvalue weighted by atomic mass is 9.95. The number of hydrogen-bond acceptors (Lipinski definition) is 1. The summed E-state index contributed by atoms with van der Waals surface area (Å²) in [6.45, 7) is 4.22. The van der Waals surface area contributed by atoms with Gasteiger partial charge in [-0.2, -0.15) is 0 Å². The molecule has 0 unspecified atom stereocenters. The SMILES string of the molecule is Cc1cc(C)c2c(c1)Oc1ccccc1[CH]2. The first-order valence-electron chi connectivity index (χ1n) is 5.47. The maximum atomic E-state index is 5.91. The molecule has 1 heterocycles. The van der Waals surface area contributed by atoms with Crippen LogP contribution in [0.4, 0.5) is 0 Å². The Balaban J connectivity index is 2.15. The van der Waals surface area contributed by atoms with Crippen LogP contribution in [-0.2, 0) is 0 Å². The fraction of sp³-hybridized carbons (Fsp3) is 0.133. The van der Waals surface area contributed by atoms with Gasteiger partial charge in [0.1, 0.15) is 11.5 Å². The highest BCUT2D eigenvalue weighted by Crippen LogP contribution is 2.39. The summed E-state index contributed by atoms with van der Waals surface area (Å²) in [4.78, 5) is 0. The van der Waals surface area contributed by atoms with E-state index in [1.54, 1.807) is 0 Å². The van der Waals surface area contributed by atoms with E-state index in [0.29, 0.717) is 0 Å². The summed E-state index contributed by atoms with van der Waals surface area (Å²) in [5, 5.41) is 0. The molecule has 0 saturated carbocycles. The Morgan fingerprint density at radius 2 is 1.75 bits per heavy atom. The monoisotopic (exact) mass is 209 g/mol. The fourth-order valence-electron chi connectivity index (χ4n) is 2.18. The Labute approximate surface area is 95.7 Å². The Hall–Kier alpha value is -1.76. The molecular formula is C15H13O. The van der Waals surface area contributed by atoms with Gasteiger partial charge >= 0.3 is 0 Å². The van der Waals surface area contributed by atoms with Crippen molar-refractivity contribution in [1.82, 2.24) is 0 Å². The average Bonchev–Trinajstić information content (AvgIpc) is 2.27. The van der Waals surface area contributed by atoms with Gasteiger partial charge in [-0.05, 0) is 37.1 Å². The summed E-state index contributed by atoms with van der Waals surface area (Å²) in [7, 11) is 0. The third-order valence-corrected chi connectivity index (χ3v) is 2.93. The fourth-order valence-corrected chi connectivity index (χ4v) is 2.18. The summed E-state index contributed by atoms with van der Waals surface area (Å²) in [5.41, 5.74) is 4.86. The topological polar surface area (TPSA) is 9.23 Å². The summed E-state index contributed by atoms with van der Waals surface area (Å²) in [5.74, 6) is 1.91. The molecule has 1 aliphatic heterocycles. The van der Waals surface area contributed by atoms with Gasteiger partial charge in [-0.15, -0.1) is 0 Å². The Kier molecular flexibility index (Phi) is 2.00. The molecule has 79 valence electrons. The van der Waals surface area contributed by atoms with E-state index in [2.05, 4.69) is 38.5 Å². The van der Waals surface area contributed by atoms with Crippen LogP contribution in [0.5, 0.6) is 11.5 Å². The van der Waals surface area contributed by atoms with E-state index in [4.69, 9.17) is 4.74 Å². The van der Waals surface area contributed by atoms with Crippen LogP contribution < -0.4 is 4.74 Å². The van der Waals surface area contributed by atoms with Crippen LogP contribution in [0.15, 0.2) is 36.4 Å². The van der Waals surface area contributed by atoms with Crippen LogP contribution in [0, 0.1) is 20.3 Å². The molecule has 0 amide bonds. The second-order valence-electron chi connectivity index (χ2n) is 4.28. The number of para-hydroxylation sites is 1. The molecule has 0 bridgehead atoms. The number of ether oxygens (including phenoxy) is 1. The van der Waals surface area contributed by atoms with Crippen molar-refractivity contribution in [3.05, 3.63) is 65.1 Å². The third-order valence-electron chi connectivity index (χ3n) is 2.93. The number of aryl methyl sites for hydroxylation is 2. The second kappa shape index (κ2) is 3.38. The van der Waals surface area contributed by atoms with Gasteiger partial charge in [0, 0.05) is 17.5 Å². The molecule has 2 aromatic carbocycles. The lowest BCUT2D eigenvalue weighted by Crippen LogP contribution is -2.03. The molecule has 1 heteroatoms. The van der Waals surface area contributed by atoms with Crippen molar-refractivity contribution in [2.45, 2.75) is 13.8 Å². The van der Waals surface area contributed by atoms with Crippen molar-refractivity contribution in [3.63, 3.8) is 0 Å². The zero-order valence-corrected chi connectivity index (χ0v) is 9.45. The first-order valence-corrected chi connectivity index (χ1v) is 5.47. The summed E-state index contributed by atoms with van der Waals surface area (Å²) >= 11 is 0. The summed E-state index contributed by atoms with van der Waals surface area (Å²) in [6, 6.07) is 12.4. The largest absolute Gasteiger partial charge is 0.457 e. The third kappa shape index (κ3) is 1.40. The molecule has 1 radical (unpaired) electrons. The van der Waals surface area contributed by atoms with Crippen LogP contribution in [0.3, 0.4) is 0 Å². The minimum Gasteiger partial charge on any atom is -0.457 e. The van der Waals surface area contributed by atoms with Crippen molar-refractivity contribution >= 4 is 0 Å². The highest BCUT2D eigenvalue weighted by Gasteiger charge is 2.18. The zero-order chi connectivity index (χ0) is 11.1. The number of hydrogen-bond donors (Lipinski definition) is 0. The molecule has 1 aliphatic rings. The highest BCUT2D eigenvalue weighted by molar-refractivity contribution is 5.59. The van der Waals surface area contributed by atoms with Crippen molar-refractivity contribution in [2.24, 2.45) is 0 Å². The lowest BCUT2D eigenvalue weighted by Gasteiger charge is -2.21. The quantitative estimate of drug-likeness (QED) is 0.543.